The maximum atomic E-state index is 12.1. The number of hydrogen-bond acceptors (Lipinski definition) is 4. The van der Waals surface area contributed by atoms with Crippen molar-refractivity contribution in [3.63, 3.8) is 0 Å². The second-order valence-corrected chi connectivity index (χ2v) is 6.26. The first-order chi connectivity index (χ1) is 9.81. The van der Waals surface area contributed by atoms with Gasteiger partial charge < -0.3 is 9.88 Å². The van der Waals surface area contributed by atoms with Crippen LogP contribution in [0.15, 0.2) is 5.16 Å². The molecule has 1 unspecified atom stereocenters. The minimum atomic E-state index is -4.40. The van der Waals surface area contributed by atoms with Gasteiger partial charge in [-0.05, 0) is 26.7 Å². The third kappa shape index (κ3) is 4.36. The normalized spacial score (nSPS) is 16.8. The number of amides is 1. The zero-order valence-corrected chi connectivity index (χ0v) is 12.6. The van der Waals surface area contributed by atoms with Crippen molar-refractivity contribution in [3.8, 4) is 0 Å². The average Bonchev–Trinajstić information content (AvgIpc) is 3.17. The molecule has 0 saturated heterocycles. The van der Waals surface area contributed by atoms with E-state index < -0.39 is 23.9 Å². The fourth-order valence-corrected chi connectivity index (χ4v) is 2.82. The number of nitrogens with one attached hydrogen (secondary N) is 1. The zero-order chi connectivity index (χ0) is 15.6. The maximum Gasteiger partial charge on any atom is 0.405 e. The van der Waals surface area contributed by atoms with E-state index in [1.54, 1.807) is 6.92 Å². The van der Waals surface area contributed by atoms with Crippen molar-refractivity contribution in [2.75, 3.05) is 6.54 Å². The Kier molecular flexibility index (Phi) is 4.80. The highest BCUT2D eigenvalue weighted by Gasteiger charge is 2.32. The van der Waals surface area contributed by atoms with Gasteiger partial charge in [-0.2, -0.15) is 13.2 Å². The monoisotopic (exact) mass is 322 g/mol. The number of alkyl halides is 3. The molecule has 1 saturated carbocycles. The van der Waals surface area contributed by atoms with Crippen molar-refractivity contribution in [1.29, 1.82) is 0 Å². The largest absolute Gasteiger partial charge is 0.405 e. The number of aromatic nitrogens is 3. The molecule has 0 radical (unpaired) electrons. The van der Waals surface area contributed by atoms with E-state index >= 15 is 0 Å². The van der Waals surface area contributed by atoms with Crippen LogP contribution in [0.3, 0.4) is 0 Å². The molecular weight excluding hydrogens is 305 g/mol. The van der Waals surface area contributed by atoms with Crippen LogP contribution >= 0.6 is 11.8 Å². The van der Waals surface area contributed by atoms with Gasteiger partial charge >= 0.3 is 6.18 Å². The molecule has 1 aliphatic rings. The van der Waals surface area contributed by atoms with Crippen LogP contribution in [-0.4, -0.2) is 38.6 Å². The van der Waals surface area contributed by atoms with Gasteiger partial charge in [-0.25, -0.2) is 0 Å². The summed E-state index contributed by atoms with van der Waals surface area (Å²) in [5.74, 6) is 0.681. The molecular formula is C12H17F3N4OS. The zero-order valence-electron chi connectivity index (χ0n) is 11.8. The van der Waals surface area contributed by atoms with Crippen molar-refractivity contribution in [1.82, 2.24) is 20.1 Å². The lowest BCUT2D eigenvalue weighted by atomic mass is 10.4. The Hall–Kier alpha value is -1.25. The van der Waals surface area contributed by atoms with Gasteiger partial charge in [-0.3, -0.25) is 4.79 Å². The van der Waals surface area contributed by atoms with Crippen molar-refractivity contribution in [2.45, 2.75) is 55.7 Å². The standard InChI is InChI=1S/C12H17F3N4OS/c1-3-19-9(8-4-5-8)17-18-11(19)21-7(2)10(20)16-6-12(13,14)15/h7-8H,3-6H2,1-2H3,(H,16,20). The van der Waals surface area contributed by atoms with E-state index in [9.17, 15) is 18.0 Å². The minimum Gasteiger partial charge on any atom is -0.346 e. The molecule has 5 nitrogen and oxygen atoms in total. The Labute approximate surface area is 124 Å². The minimum absolute atomic E-state index is 0.432. The van der Waals surface area contributed by atoms with E-state index in [0.29, 0.717) is 17.6 Å². The topological polar surface area (TPSA) is 59.8 Å². The predicted octanol–water partition coefficient (Wildman–Crippen LogP) is 2.33. The number of hydrogen-bond donors (Lipinski definition) is 1. The highest BCUT2D eigenvalue weighted by molar-refractivity contribution is 8.00. The number of nitrogens with zero attached hydrogens (tertiary/aromatic N) is 3. The molecule has 21 heavy (non-hydrogen) atoms. The Morgan fingerprint density at radius 1 is 1.48 bits per heavy atom. The number of rotatable bonds is 6. The molecule has 0 bridgehead atoms. The van der Waals surface area contributed by atoms with Gasteiger partial charge in [-0.1, -0.05) is 11.8 Å². The maximum absolute atomic E-state index is 12.1. The summed E-state index contributed by atoms with van der Waals surface area (Å²) in [7, 11) is 0. The Balaban J connectivity index is 1.96. The molecule has 0 spiro atoms. The smallest absolute Gasteiger partial charge is 0.346 e. The van der Waals surface area contributed by atoms with E-state index in [-0.39, 0.29) is 0 Å². The highest BCUT2D eigenvalue weighted by Crippen LogP contribution is 2.40. The molecule has 1 aromatic rings. The SMILES string of the molecule is CCn1c(SC(C)C(=O)NCC(F)(F)F)nnc1C1CC1. The second-order valence-electron chi connectivity index (χ2n) is 4.95. The van der Waals surface area contributed by atoms with Crippen LogP contribution in [0.2, 0.25) is 0 Å². The lowest BCUT2D eigenvalue weighted by molar-refractivity contribution is -0.137. The lowest BCUT2D eigenvalue weighted by Crippen LogP contribution is -2.38. The van der Waals surface area contributed by atoms with Crippen LogP contribution in [0.4, 0.5) is 13.2 Å². The molecule has 1 aromatic heterocycles. The molecule has 1 atom stereocenters. The van der Waals surface area contributed by atoms with Crippen molar-refractivity contribution in [3.05, 3.63) is 5.82 Å². The first-order valence-electron chi connectivity index (χ1n) is 6.76. The van der Waals surface area contributed by atoms with Gasteiger partial charge in [0.1, 0.15) is 12.4 Å². The van der Waals surface area contributed by atoms with Gasteiger partial charge in [-0.15, -0.1) is 10.2 Å². The molecule has 1 heterocycles. The summed E-state index contributed by atoms with van der Waals surface area (Å²) in [5, 5.41) is 9.98. The molecule has 1 aliphatic carbocycles. The highest BCUT2D eigenvalue weighted by atomic mass is 32.2. The van der Waals surface area contributed by atoms with Gasteiger partial charge in [0.05, 0.1) is 5.25 Å². The van der Waals surface area contributed by atoms with Crippen LogP contribution in [-0.2, 0) is 11.3 Å². The predicted molar refractivity (Wildman–Crippen MR) is 72.1 cm³/mol. The first-order valence-corrected chi connectivity index (χ1v) is 7.64. The Morgan fingerprint density at radius 2 is 2.14 bits per heavy atom. The van der Waals surface area contributed by atoms with Crippen LogP contribution in [0.1, 0.15) is 38.4 Å². The van der Waals surface area contributed by atoms with E-state index in [0.717, 1.165) is 30.4 Å². The molecule has 1 amide bonds. The fourth-order valence-electron chi connectivity index (χ4n) is 1.87. The quantitative estimate of drug-likeness (QED) is 0.817. The van der Waals surface area contributed by atoms with Crippen LogP contribution in [0, 0.1) is 0 Å². The fraction of sp³-hybridized carbons (Fsp3) is 0.750. The van der Waals surface area contributed by atoms with E-state index in [2.05, 4.69) is 10.2 Å². The molecule has 0 aliphatic heterocycles. The summed E-state index contributed by atoms with van der Waals surface area (Å²) in [5.41, 5.74) is 0. The van der Waals surface area contributed by atoms with Gasteiger partial charge in [0.25, 0.3) is 0 Å². The molecule has 9 heteroatoms. The van der Waals surface area contributed by atoms with Crippen LogP contribution in [0.5, 0.6) is 0 Å². The Bertz CT molecular complexity index is 513. The van der Waals surface area contributed by atoms with E-state index in [1.807, 2.05) is 16.8 Å². The van der Waals surface area contributed by atoms with Gasteiger partial charge in [0, 0.05) is 12.5 Å². The lowest BCUT2D eigenvalue weighted by Gasteiger charge is -2.13. The molecule has 2 rings (SSSR count). The molecule has 1 N–H and O–H groups in total. The third-order valence-electron chi connectivity index (χ3n) is 3.12. The van der Waals surface area contributed by atoms with E-state index in [4.69, 9.17) is 0 Å². The molecule has 118 valence electrons. The second kappa shape index (κ2) is 6.25. The number of carbonyl (C=O) groups is 1. The van der Waals surface area contributed by atoms with E-state index in [1.165, 1.54) is 0 Å². The first kappa shape index (κ1) is 16.1. The summed E-state index contributed by atoms with van der Waals surface area (Å²) in [6.07, 6.45) is -2.22. The summed E-state index contributed by atoms with van der Waals surface area (Å²) in [6, 6.07) is 0. The average molecular weight is 322 g/mol. The number of carbonyl (C=O) groups excluding carboxylic acids is 1. The van der Waals surface area contributed by atoms with Crippen LogP contribution < -0.4 is 5.32 Å². The van der Waals surface area contributed by atoms with Gasteiger partial charge in [0.2, 0.25) is 5.91 Å². The van der Waals surface area contributed by atoms with Crippen molar-refractivity contribution in [2.24, 2.45) is 0 Å². The molecule has 0 aromatic carbocycles. The number of halogens is 3. The van der Waals surface area contributed by atoms with Gasteiger partial charge in [0.15, 0.2) is 5.16 Å². The van der Waals surface area contributed by atoms with Crippen molar-refractivity contribution >= 4 is 17.7 Å². The summed E-state index contributed by atoms with van der Waals surface area (Å²) >= 11 is 1.13. The summed E-state index contributed by atoms with van der Waals surface area (Å²) in [6.45, 7) is 2.87. The summed E-state index contributed by atoms with van der Waals surface area (Å²) < 4.78 is 38.2. The van der Waals surface area contributed by atoms with Crippen molar-refractivity contribution < 1.29 is 18.0 Å². The third-order valence-corrected chi connectivity index (χ3v) is 4.20. The number of thioether (sulfide) groups is 1. The summed E-state index contributed by atoms with van der Waals surface area (Å²) in [4.78, 5) is 11.7. The Morgan fingerprint density at radius 3 is 2.67 bits per heavy atom. The molecule has 1 fully saturated rings. The van der Waals surface area contributed by atoms with Crippen LogP contribution in [0.25, 0.3) is 0 Å².